The van der Waals surface area contributed by atoms with Gasteiger partial charge in [-0.15, -0.1) is 0 Å². The molecule has 0 unspecified atom stereocenters. The number of hydrogen-bond acceptors (Lipinski definition) is 2. The average molecular weight is 208 g/mol. The fourth-order valence-corrected chi connectivity index (χ4v) is 0.199. The number of alkyl halides is 3. The predicted octanol–water partition coefficient (Wildman–Crippen LogP) is 1.62. The van der Waals surface area contributed by atoms with Crippen LogP contribution in [0, 0.1) is 25.2 Å². The molecule has 1 fully saturated rings. The van der Waals surface area contributed by atoms with Gasteiger partial charge in [-0.25, -0.2) is 5.26 Å². The van der Waals surface area contributed by atoms with Crippen LogP contribution in [-0.2, 0) is 4.79 Å². The van der Waals surface area contributed by atoms with Gasteiger partial charge in [-0.2, -0.15) is 13.2 Å². The maximum absolute atomic E-state index is 11.2. The fraction of sp³-hybridized carbons (Fsp3) is 0.500. The van der Waals surface area contributed by atoms with Gasteiger partial charge in [0.15, 0.2) is 0 Å². The molecule has 1 aliphatic rings. The lowest BCUT2D eigenvalue weighted by molar-refractivity contribution is -0.135. The van der Waals surface area contributed by atoms with E-state index in [2.05, 4.69) is 19.9 Å². The first-order valence-electron chi connectivity index (χ1n) is 3.66. The maximum Gasteiger partial charge on any atom is 0.405 e. The Kier molecular flexibility index (Phi) is 9.09. The number of nitrogens with one attached hydrogen (secondary N) is 1. The zero-order valence-electron chi connectivity index (χ0n) is 7.47. The van der Waals surface area contributed by atoms with Gasteiger partial charge in [0.25, 0.3) is 0 Å². The molecule has 0 spiro atoms. The topological polar surface area (TPSA) is 52.9 Å². The maximum atomic E-state index is 11.2. The van der Waals surface area contributed by atoms with Crippen LogP contribution in [0.15, 0.2) is 0 Å². The van der Waals surface area contributed by atoms with Gasteiger partial charge in [0.05, 0.1) is 0 Å². The summed E-state index contributed by atoms with van der Waals surface area (Å²) in [5.74, 6) is -0.924. The highest BCUT2D eigenvalue weighted by atomic mass is 19.4. The van der Waals surface area contributed by atoms with Crippen LogP contribution in [0.5, 0.6) is 0 Å². The van der Waals surface area contributed by atoms with Crippen molar-refractivity contribution in [3.8, 4) is 6.57 Å². The first kappa shape index (κ1) is 15.2. The molecular formula is C8H11F3N2O. The van der Waals surface area contributed by atoms with E-state index in [1.54, 1.807) is 0 Å². The zero-order valence-corrected chi connectivity index (χ0v) is 7.47. The highest BCUT2D eigenvalue weighted by Gasteiger charge is 2.26. The third-order valence-electron chi connectivity index (χ3n) is 0.775. The third-order valence-corrected chi connectivity index (χ3v) is 0.775. The molecular weight excluding hydrogens is 197 g/mol. The first-order chi connectivity index (χ1) is 6.42. The lowest BCUT2D eigenvalue weighted by Gasteiger charge is -2.04. The number of carbonyl (C=O) groups excluding carboxylic acids is 1. The van der Waals surface area contributed by atoms with Gasteiger partial charge in [0.1, 0.15) is 6.54 Å². The summed E-state index contributed by atoms with van der Waals surface area (Å²) in [5.41, 5.74) is 0. The third kappa shape index (κ3) is 30.9. The Bertz CT molecular complexity index is 172. The molecule has 0 bridgehead atoms. The summed E-state index contributed by atoms with van der Waals surface area (Å²) >= 11 is 0. The van der Waals surface area contributed by atoms with E-state index in [1.165, 1.54) is 18.2 Å². The number of carbonyl (C=O) groups is 1. The number of nitrogens with zero attached hydrogens (tertiary/aromatic N) is 1. The van der Waals surface area contributed by atoms with Gasteiger partial charge >= 0.3 is 6.18 Å². The highest BCUT2D eigenvalue weighted by Crippen LogP contribution is 2.12. The number of amides is 1. The van der Waals surface area contributed by atoms with Crippen LogP contribution in [0.3, 0.4) is 0 Å². The number of rotatable bonds is 1. The molecule has 1 rings (SSSR count). The van der Waals surface area contributed by atoms with Crippen LogP contribution < -0.4 is 5.32 Å². The molecule has 1 aliphatic carbocycles. The van der Waals surface area contributed by atoms with E-state index in [0.717, 1.165) is 0 Å². The molecule has 0 aromatic rings. The second kappa shape index (κ2) is 8.35. The van der Waals surface area contributed by atoms with Crippen molar-refractivity contribution in [3.05, 3.63) is 13.3 Å². The van der Waals surface area contributed by atoms with Crippen molar-refractivity contribution in [1.29, 1.82) is 5.26 Å². The van der Waals surface area contributed by atoms with Crippen molar-refractivity contribution in [3.63, 3.8) is 0 Å². The minimum Gasteiger partial charge on any atom is -0.347 e. The molecule has 3 nitrogen and oxygen atoms in total. The molecule has 14 heavy (non-hydrogen) atoms. The summed E-state index contributed by atoms with van der Waals surface area (Å²) in [7, 11) is 0. The first-order valence-corrected chi connectivity index (χ1v) is 3.66. The number of nitriles is 1. The van der Waals surface area contributed by atoms with E-state index < -0.39 is 18.6 Å². The normalized spacial score (nSPS) is 12.4. The van der Waals surface area contributed by atoms with E-state index >= 15 is 0 Å². The van der Waals surface area contributed by atoms with E-state index in [9.17, 15) is 18.0 Å². The molecule has 1 saturated carbocycles. The van der Waals surface area contributed by atoms with Gasteiger partial charge in [0, 0.05) is 13.5 Å². The Morgan fingerprint density at radius 3 is 1.93 bits per heavy atom. The van der Waals surface area contributed by atoms with Crippen molar-refractivity contribution in [2.24, 2.45) is 0 Å². The quantitative estimate of drug-likeness (QED) is 0.711. The molecule has 1 amide bonds. The van der Waals surface area contributed by atoms with Crippen molar-refractivity contribution in [1.82, 2.24) is 5.32 Å². The average Bonchev–Trinajstić information content (AvgIpc) is 2.89. The van der Waals surface area contributed by atoms with Crippen LogP contribution in [0.4, 0.5) is 13.2 Å². The second-order valence-corrected chi connectivity index (χ2v) is 2.26. The summed E-state index contributed by atoms with van der Waals surface area (Å²) in [4.78, 5) is 9.77. The predicted molar refractivity (Wildman–Crippen MR) is 44.6 cm³/mol. The largest absolute Gasteiger partial charge is 0.405 e. The number of halogens is 3. The Labute approximate surface area is 80.9 Å². The Morgan fingerprint density at radius 2 is 1.86 bits per heavy atom. The van der Waals surface area contributed by atoms with Crippen LogP contribution in [0.1, 0.15) is 12.8 Å². The smallest absolute Gasteiger partial charge is 0.347 e. The summed E-state index contributed by atoms with van der Waals surface area (Å²) in [6.45, 7) is 4.88. The van der Waals surface area contributed by atoms with Gasteiger partial charge in [-0.05, 0) is 19.3 Å². The molecule has 0 aromatic heterocycles. The standard InChI is InChI=1S/C4H5F3NO.C3H5.CHN/c1-3(9)8-2-4(5,6)7;1-2-3-1;1-2/h1-2H2,(H,8,9);1H,2-3H2;1H. The monoisotopic (exact) mass is 208 g/mol. The van der Waals surface area contributed by atoms with Gasteiger partial charge in [-0.3, -0.25) is 4.79 Å². The van der Waals surface area contributed by atoms with E-state index in [-0.39, 0.29) is 0 Å². The Morgan fingerprint density at radius 1 is 1.50 bits per heavy atom. The molecule has 2 radical (unpaired) electrons. The molecule has 0 atom stereocenters. The molecule has 0 saturated heterocycles. The van der Waals surface area contributed by atoms with Crippen LogP contribution in [-0.4, -0.2) is 18.6 Å². The fourth-order valence-electron chi connectivity index (χ4n) is 0.199. The van der Waals surface area contributed by atoms with E-state index in [4.69, 9.17) is 5.26 Å². The van der Waals surface area contributed by atoms with Crippen molar-refractivity contribution in [2.75, 3.05) is 6.54 Å². The second-order valence-electron chi connectivity index (χ2n) is 2.26. The molecule has 6 heteroatoms. The molecule has 0 heterocycles. The summed E-state index contributed by atoms with van der Waals surface area (Å²) in [5, 5.41) is 8.01. The summed E-state index contributed by atoms with van der Waals surface area (Å²) in [6.07, 6.45) is 0.660. The molecule has 1 N–H and O–H groups in total. The molecule has 0 aliphatic heterocycles. The van der Waals surface area contributed by atoms with Crippen molar-refractivity contribution >= 4 is 5.91 Å². The van der Waals surface area contributed by atoms with E-state index in [0.29, 0.717) is 0 Å². The summed E-state index contributed by atoms with van der Waals surface area (Å²) in [6, 6.07) is 0. The van der Waals surface area contributed by atoms with E-state index in [1.807, 2.05) is 0 Å². The summed E-state index contributed by atoms with van der Waals surface area (Å²) < 4.78 is 33.5. The van der Waals surface area contributed by atoms with Crippen LogP contribution in [0.2, 0.25) is 0 Å². The minimum absolute atomic E-state index is 0.924. The van der Waals surface area contributed by atoms with Gasteiger partial charge < -0.3 is 5.32 Å². The minimum atomic E-state index is -4.34. The lowest BCUT2D eigenvalue weighted by atomic mass is 10.6. The van der Waals surface area contributed by atoms with Gasteiger partial charge in [-0.1, -0.05) is 0 Å². The Hall–Kier alpha value is -1.25. The van der Waals surface area contributed by atoms with Crippen LogP contribution >= 0.6 is 0 Å². The van der Waals surface area contributed by atoms with Crippen molar-refractivity contribution in [2.45, 2.75) is 19.0 Å². The van der Waals surface area contributed by atoms with Crippen LogP contribution in [0.25, 0.3) is 0 Å². The van der Waals surface area contributed by atoms with Gasteiger partial charge in [0.2, 0.25) is 5.91 Å². The SMILES string of the molecule is C#N.[CH2]C(=O)NCC(F)(F)F.[CH]1CC1. The molecule has 0 aromatic carbocycles. The highest BCUT2D eigenvalue weighted by molar-refractivity contribution is 5.79. The molecule has 80 valence electrons. The zero-order chi connectivity index (χ0) is 11.6. The Balaban J connectivity index is 0. The number of hydrogen-bond donors (Lipinski definition) is 1. The van der Waals surface area contributed by atoms with Crippen molar-refractivity contribution < 1.29 is 18.0 Å². The lowest BCUT2D eigenvalue weighted by Crippen LogP contribution is -2.32.